The lowest BCUT2D eigenvalue weighted by atomic mass is 10.1. The summed E-state index contributed by atoms with van der Waals surface area (Å²) < 4.78 is 16.2. The van der Waals surface area contributed by atoms with Gasteiger partial charge in [0.1, 0.15) is 17.4 Å². The SMILES string of the molecule is COc1ccccc1NC(=O)/C(C#N)=C\c1ccc(OCC(=O)Nc2ccccc2C)c(OC)c1. The van der Waals surface area contributed by atoms with E-state index in [1.165, 1.54) is 20.3 Å². The van der Waals surface area contributed by atoms with Crippen molar-refractivity contribution in [3.8, 4) is 23.3 Å². The van der Waals surface area contributed by atoms with E-state index >= 15 is 0 Å². The number of anilines is 2. The van der Waals surface area contributed by atoms with Crippen molar-refractivity contribution in [1.29, 1.82) is 5.26 Å². The van der Waals surface area contributed by atoms with Crippen LogP contribution in [0.25, 0.3) is 6.08 Å². The van der Waals surface area contributed by atoms with Crippen LogP contribution in [0.15, 0.2) is 72.3 Å². The van der Waals surface area contributed by atoms with Crippen molar-refractivity contribution in [3.05, 3.63) is 83.4 Å². The molecule has 3 rings (SSSR count). The molecule has 178 valence electrons. The predicted molar refractivity (Wildman–Crippen MR) is 134 cm³/mol. The van der Waals surface area contributed by atoms with Crippen molar-refractivity contribution < 1.29 is 23.8 Å². The predicted octanol–water partition coefficient (Wildman–Crippen LogP) is 4.58. The first-order valence-corrected chi connectivity index (χ1v) is 10.7. The molecule has 0 fully saturated rings. The number of carbonyl (C=O) groups is 2. The fourth-order valence-electron chi connectivity index (χ4n) is 3.19. The molecule has 3 aromatic rings. The van der Waals surface area contributed by atoms with Crippen LogP contribution >= 0.6 is 0 Å². The van der Waals surface area contributed by atoms with Crippen molar-refractivity contribution in [2.75, 3.05) is 31.5 Å². The summed E-state index contributed by atoms with van der Waals surface area (Å²) in [6.07, 6.45) is 1.43. The quantitative estimate of drug-likeness (QED) is 0.349. The summed E-state index contributed by atoms with van der Waals surface area (Å²) in [5, 5.41) is 15.0. The van der Waals surface area contributed by atoms with Crippen LogP contribution in [0.1, 0.15) is 11.1 Å². The Morgan fingerprint density at radius 2 is 1.57 bits per heavy atom. The van der Waals surface area contributed by atoms with Gasteiger partial charge in [0, 0.05) is 5.69 Å². The van der Waals surface area contributed by atoms with Gasteiger partial charge in [0.25, 0.3) is 11.8 Å². The number of methoxy groups -OCH3 is 2. The van der Waals surface area contributed by atoms with Gasteiger partial charge in [-0.2, -0.15) is 5.26 Å². The van der Waals surface area contributed by atoms with E-state index in [9.17, 15) is 14.9 Å². The van der Waals surface area contributed by atoms with Crippen LogP contribution in [0.3, 0.4) is 0 Å². The minimum absolute atomic E-state index is 0.107. The molecule has 0 heterocycles. The molecule has 8 nitrogen and oxygen atoms in total. The highest BCUT2D eigenvalue weighted by molar-refractivity contribution is 6.10. The second-order valence-corrected chi connectivity index (χ2v) is 7.39. The van der Waals surface area contributed by atoms with Gasteiger partial charge in [-0.15, -0.1) is 0 Å². The number of rotatable bonds is 9. The van der Waals surface area contributed by atoms with E-state index in [0.717, 1.165) is 5.56 Å². The monoisotopic (exact) mass is 471 g/mol. The summed E-state index contributed by atoms with van der Waals surface area (Å²) >= 11 is 0. The molecule has 2 amide bonds. The molecular weight excluding hydrogens is 446 g/mol. The highest BCUT2D eigenvalue weighted by Crippen LogP contribution is 2.29. The van der Waals surface area contributed by atoms with Crippen LogP contribution in [0.5, 0.6) is 17.2 Å². The van der Waals surface area contributed by atoms with Crippen LogP contribution in [-0.4, -0.2) is 32.6 Å². The minimum Gasteiger partial charge on any atom is -0.495 e. The maximum absolute atomic E-state index is 12.6. The molecule has 0 aromatic heterocycles. The Morgan fingerprint density at radius 3 is 2.26 bits per heavy atom. The third-order valence-corrected chi connectivity index (χ3v) is 5.00. The molecule has 0 radical (unpaired) electrons. The first-order chi connectivity index (χ1) is 16.9. The molecule has 0 saturated heterocycles. The lowest BCUT2D eigenvalue weighted by molar-refractivity contribution is -0.118. The number of hydrogen-bond donors (Lipinski definition) is 2. The van der Waals surface area contributed by atoms with Crippen LogP contribution < -0.4 is 24.8 Å². The van der Waals surface area contributed by atoms with E-state index in [4.69, 9.17) is 14.2 Å². The lowest BCUT2D eigenvalue weighted by Crippen LogP contribution is -2.20. The minimum atomic E-state index is -0.579. The van der Waals surface area contributed by atoms with Gasteiger partial charge >= 0.3 is 0 Å². The molecule has 2 N–H and O–H groups in total. The summed E-state index contributed by atoms with van der Waals surface area (Å²) in [6, 6.07) is 21.1. The maximum atomic E-state index is 12.6. The van der Waals surface area contributed by atoms with Gasteiger partial charge in [-0.1, -0.05) is 36.4 Å². The van der Waals surface area contributed by atoms with E-state index in [1.807, 2.05) is 37.3 Å². The maximum Gasteiger partial charge on any atom is 0.266 e. The number of para-hydroxylation sites is 3. The molecule has 0 aliphatic rings. The Hall–Kier alpha value is -4.77. The van der Waals surface area contributed by atoms with Gasteiger partial charge in [0.05, 0.1) is 19.9 Å². The molecule has 0 unspecified atom stereocenters. The molecular formula is C27H25N3O5. The van der Waals surface area contributed by atoms with Crippen molar-refractivity contribution in [2.24, 2.45) is 0 Å². The summed E-state index contributed by atoms with van der Waals surface area (Å²) in [4.78, 5) is 24.9. The third-order valence-electron chi connectivity index (χ3n) is 5.00. The Kier molecular flexibility index (Phi) is 8.46. The zero-order valence-electron chi connectivity index (χ0n) is 19.6. The number of benzene rings is 3. The molecule has 0 spiro atoms. The Morgan fingerprint density at radius 1 is 0.886 bits per heavy atom. The number of amides is 2. The van der Waals surface area contributed by atoms with E-state index < -0.39 is 5.91 Å². The van der Waals surface area contributed by atoms with Gasteiger partial charge in [0.15, 0.2) is 18.1 Å². The largest absolute Gasteiger partial charge is 0.495 e. The smallest absolute Gasteiger partial charge is 0.266 e. The van der Waals surface area contributed by atoms with Gasteiger partial charge < -0.3 is 24.8 Å². The first-order valence-electron chi connectivity index (χ1n) is 10.7. The van der Waals surface area contributed by atoms with E-state index in [2.05, 4.69) is 10.6 Å². The van der Waals surface area contributed by atoms with Crippen LogP contribution in [-0.2, 0) is 9.59 Å². The summed E-state index contributed by atoms with van der Waals surface area (Å²) in [7, 11) is 2.96. The highest BCUT2D eigenvalue weighted by Gasteiger charge is 2.14. The van der Waals surface area contributed by atoms with Crippen LogP contribution in [0.4, 0.5) is 11.4 Å². The van der Waals surface area contributed by atoms with E-state index in [1.54, 1.807) is 42.5 Å². The average Bonchev–Trinajstić information content (AvgIpc) is 2.87. The number of ether oxygens (including phenoxy) is 3. The number of nitrogens with zero attached hydrogens (tertiary/aromatic N) is 1. The van der Waals surface area contributed by atoms with Crippen molar-refractivity contribution in [3.63, 3.8) is 0 Å². The average molecular weight is 472 g/mol. The number of nitrogens with one attached hydrogen (secondary N) is 2. The van der Waals surface area contributed by atoms with E-state index in [0.29, 0.717) is 34.2 Å². The number of carbonyl (C=O) groups excluding carboxylic acids is 2. The number of hydrogen-bond acceptors (Lipinski definition) is 6. The third kappa shape index (κ3) is 6.62. The fourth-order valence-corrected chi connectivity index (χ4v) is 3.19. The van der Waals surface area contributed by atoms with Crippen molar-refractivity contribution in [1.82, 2.24) is 0 Å². The second kappa shape index (κ2) is 11.9. The zero-order chi connectivity index (χ0) is 25.2. The molecule has 0 aliphatic carbocycles. The summed E-state index contributed by atoms with van der Waals surface area (Å²) in [6.45, 7) is 1.68. The van der Waals surface area contributed by atoms with Gasteiger partial charge in [-0.25, -0.2) is 0 Å². The first kappa shape index (κ1) is 24.9. The Labute approximate surface area is 203 Å². The summed E-state index contributed by atoms with van der Waals surface area (Å²) in [5.41, 5.74) is 2.54. The molecule has 8 heteroatoms. The molecule has 0 atom stereocenters. The van der Waals surface area contributed by atoms with E-state index in [-0.39, 0.29) is 18.1 Å². The van der Waals surface area contributed by atoms with Gasteiger partial charge in [0.2, 0.25) is 0 Å². The molecule has 0 aliphatic heterocycles. The lowest BCUT2D eigenvalue weighted by Gasteiger charge is -2.12. The van der Waals surface area contributed by atoms with Crippen LogP contribution in [0.2, 0.25) is 0 Å². The van der Waals surface area contributed by atoms with Crippen molar-refractivity contribution in [2.45, 2.75) is 6.92 Å². The number of nitriles is 1. The standard InChI is InChI=1S/C27H25N3O5/c1-18-8-4-5-9-21(18)29-26(31)17-35-24-13-12-19(15-25(24)34-3)14-20(16-28)27(32)30-22-10-6-7-11-23(22)33-2/h4-15H,17H2,1-3H3,(H,29,31)(H,30,32)/b20-14-. The second-order valence-electron chi connectivity index (χ2n) is 7.39. The molecule has 3 aromatic carbocycles. The zero-order valence-corrected chi connectivity index (χ0v) is 19.6. The van der Waals surface area contributed by atoms with Crippen LogP contribution in [0, 0.1) is 18.3 Å². The summed E-state index contributed by atoms with van der Waals surface area (Å²) in [5.74, 6) is 0.286. The molecule has 35 heavy (non-hydrogen) atoms. The van der Waals surface area contributed by atoms with Crippen molar-refractivity contribution >= 4 is 29.3 Å². The normalized spacial score (nSPS) is 10.6. The molecule has 0 bridgehead atoms. The number of aryl methyl sites for hydroxylation is 1. The van der Waals surface area contributed by atoms with Gasteiger partial charge in [-0.05, 0) is 54.5 Å². The Balaban J connectivity index is 1.70. The van der Waals surface area contributed by atoms with Gasteiger partial charge in [-0.3, -0.25) is 9.59 Å². The fraction of sp³-hybridized carbons (Fsp3) is 0.148. The highest BCUT2D eigenvalue weighted by atomic mass is 16.5. The molecule has 0 saturated carbocycles. The topological polar surface area (TPSA) is 110 Å². The Bertz CT molecular complexity index is 1290.